The second-order valence-corrected chi connectivity index (χ2v) is 7.56. The Balaban J connectivity index is 1.86. The largest absolute Gasteiger partial charge is 0.463 e. The van der Waals surface area contributed by atoms with Gasteiger partial charge in [-0.15, -0.1) is 11.3 Å². The van der Waals surface area contributed by atoms with Crippen LogP contribution in [0.15, 0.2) is 42.5 Å². The first-order valence-electron chi connectivity index (χ1n) is 8.71. The van der Waals surface area contributed by atoms with Crippen LogP contribution in [-0.2, 0) is 20.9 Å². The maximum Gasteiger partial charge on any atom is 0.330 e. The van der Waals surface area contributed by atoms with Gasteiger partial charge in [-0.25, -0.2) is 4.79 Å². The van der Waals surface area contributed by atoms with Crippen LogP contribution in [0.2, 0.25) is 4.34 Å². The summed E-state index contributed by atoms with van der Waals surface area (Å²) in [6, 6.07) is 11.1. The fraction of sp³-hybridized carbons (Fsp3) is 0.300. The average molecular weight is 407 g/mol. The Kier molecular flexibility index (Phi) is 8.51. The summed E-state index contributed by atoms with van der Waals surface area (Å²) in [5.41, 5.74) is 1.56. The highest BCUT2D eigenvalue weighted by molar-refractivity contribution is 7.16. The van der Waals surface area contributed by atoms with Crippen molar-refractivity contribution in [2.24, 2.45) is 0 Å². The van der Waals surface area contributed by atoms with Crippen molar-refractivity contribution in [1.29, 1.82) is 0 Å². The molecule has 27 heavy (non-hydrogen) atoms. The van der Waals surface area contributed by atoms with E-state index in [0.29, 0.717) is 25.4 Å². The SMILES string of the molecule is CCOC(=O)/C=C/c1ccc(NC(=O)CN(CC)Cc2ccc(Cl)s2)cc1. The van der Waals surface area contributed by atoms with Crippen LogP contribution in [-0.4, -0.2) is 36.5 Å². The van der Waals surface area contributed by atoms with Gasteiger partial charge in [0.2, 0.25) is 5.91 Å². The van der Waals surface area contributed by atoms with E-state index in [1.807, 2.05) is 36.1 Å². The van der Waals surface area contributed by atoms with E-state index in [1.165, 1.54) is 17.4 Å². The van der Waals surface area contributed by atoms with Crippen molar-refractivity contribution in [1.82, 2.24) is 4.90 Å². The van der Waals surface area contributed by atoms with E-state index in [1.54, 1.807) is 25.1 Å². The van der Waals surface area contributed by atoms with E-state index in [0.717, 1.165) is 21.3 Å². The normalized spacial score (nSPS) is 11.1. The van der Waals surface area contributed by atoms with Crippen molar-refractivity contribution in [2.75, 3.05) is 25.0 Å². The van der Waals surface area contributed by atoms with Crippen molar-refractivity contribution in [3.63, 3.8) is 0 Å². The number of ether oxygens (including phenoxy) is 1. The summed E-state index contributed by atoms with van der Waals surface area (Å²) >= 11 is 7.48. The quantitative estimate of drug-likeness (QED) is 0.494. The number of thiophene rings is 1. The topological polar surface area (TPSA) is 58.6 Å². The molecule has 0 radical (unpaired) electrons. The number of carbonyl (C=O) groups is 2. The third-order valence-electron chi connectivity index (χ3n) is 3.72. The molecule has 0 bridgehead atoms. The zero-order valence-corrected chi connectivity index (χ0v) is 17.0. The van der Waals surface area contributed by atoms with Gasteiger partial charge in [-0.1, -0.05) is 30.7 Å². The lowest BCUT2D eigenvalue weighted by atomic mass is 10.2. The molecule has 5 nitrogen and oxygen atoms in total. The zero-order valence-electron chi connectivity index (χ0n) is 15.4. The molecule has 0 aliphatic carbocycles. The fourth-order valence-corrected chi connectivity index (χ4v) is 3.50. The molecule has 1 heterocycles. The van der Waals surface area contributed by atoms with Crippen LogP contribution < -0.4 is 5.32 Å². The number of hydrogen-bond acceptors (Lipinski definition) is 5. The molecular weight excluding hydrogens is 384 g/mol. The van der Waals surface area contributed by atoms with Gasteiger partial charge in [0, 0.05) is 23.2 Å². The smallest absolute Gasteiger partial charge is 0.330 e. The van der Waals surface area contributed by atoms with Gasteiger partial charge in [-0.05, 0) is 49.4 Å². The van der Waals surface area contributed by atoms with Gasteiger partial charge in [-0.2, -0.15) is 0 Å². The van der Waals surface area contributed by atoms with Crippen LogP contribution in [0.3, 0.4) is 0 Å². The molecule has 1 N–H and O–H groups in total. The molecule has 144 valence electrons. The van der Waals surface area contributed by atoms with E-state index in [-0.39, 0.29) is 11.9 Å². The van der Waals surface area contributed by atoms with Gasteiger partial charge in [0.25, 0.3) is 0 Å². The number of halogens is 1. The number of amides is 1. The number of carbonyl (C=O) groups excluding carboxylic acids is 2. The molecule has 0 fully saturated rings. The lowest BCUT2D eigenvalue weighted by molar-refractivity contribution is -0.137. The van der Waals surface area contributed by atoms with Gasteiger partial charge in [0.1, 0.15) is 0 Å². The number of hydrogen-bond donors (Lipinski definition) is 1. The molecule has 0 saturated heterocycles. The van der Waals surface area contributed by atoms with E-state index >= 15 is 0 Å². The maximum atomic E-state index is 12.3. The molecule has 1 aromatic carbocycles. The summed E-state index contributed by atoms with van der Waals surface area (Å²) < 4.78 is 5.59. The Bertz CT molecular complexity index is 787. The third-order valence-corrected chi connectivity index (χ3v) is 4.93. The highest BCUT2D eigenvalue weighted by Gasteiger charge is 2.11. The van der Waals surface area contributed by atoms with Crippen molar-refractivity contribution in [3.05, 3.63) is 57.3 Å². The number of nitrogens with one attached hydrogen (secondary N) is 1. The monoisotopic (exact) mass is 406 g/mol. The summed E-state index contributed by atoms with van der Waals surface area (Å²) in [5, 5.41) is 2.89. The van der Waals surface area contributed by atoms with Crippen LogP contribution in [0.25, 0.3) is 6.08 Å². The Morgan fingerprint density at radius 3 is 2.52 bits per heavy atom. The van der Waals surface area contributed by atoms with E-state index in [2.05, 4.69) is 5.32 Å². The van der Waals surface area contributed by atoms with E-state index < -0.39 is 0 Å². The minimum Gasteiger partial charge on any atom is -0.463 e. The molecule has 0 saturated carbocycles. The molecule has 0 atom stereocenters. The number of likely N-dealkylation sites (N-methyl/N-ethyl adjacent to an activating group) is 1. The first-order chi connectivity index (χ1) is 13.0. The van der Waals surface area contributed by atoms with Crippen LogP contribution in [0.4, 0.5) is 5.69 Å². The van der Waals surface area contributed by atoms with Crippen LogP contribution in [0.1, 0.15) is 24.3 Å². The molecular formula is C20H23ClN2O3S. The Hall–Kier alpha value is -2.15. The fourth-order valence-electron chi connectivity index (χ4n) is 2.37. The highest BCUT2D eigenvalue weighted by atomic mass is 35.5. The Labute approximate surface area is 168 Å². The van der Waals surface area contributed by atoms with Gasteiger partial charge in [-0.3, -0.25) is 9.69 Å². The number of benzene rings is 1. The van der Waals surface area contributed by atoms with E-state index in [4.69, 9.17) is 16.3 Å². The van der Waals surface area contributed by atoms with Crippen molar-refractivity contribution < 1.29 is 14.3 Å². The number of anilines is 1. The molecule has 0 aliphatic heterocycles. The van der Waals surface area contributed by atoms with Gasteiger partial charge >= 0.3 is 5.97 Å². The minimum atomic E-state index is -0.374. The summed E-state index contributed by atoms with van der Waals surface area (Å²) in [4.78, 5) is 26.8. The summed E-state index contributed by atoms with van der Waals surface area (Å²) in [6.45, 7) is 5.89. The Morgan fingerprint density at radius 1 is 1.19 bits per heavy atom. The van der Waals surface area contributed by atoms with Crippen LogP contribution >= 0.6 is 22.9 Å². The molecule has 7 heteroatoms. The molecule has 0 unspecified atom stereocenters. The summed E-state index contributed by atoms with van der Waals surface area (Å²) in [5.74, 6) is -0.448. The van der Waals surface area contributed by atoms with Crippen molar-refractivity contribution in [2.45, 2.75) is 20.4 Å². The minimum absolute atomic E-state index is 0.0747. The van der Waals surface area contributed by atoms with Crippen LogP contribution in [0, 0.1) is 0 Å². The number of rotatable bonds is 9. The molecule has 2 rings (SSSR count). The maximum absolute atomic E-state index is 12.3. The Morgan fingerprint density at radius 2 is 1.93 bits per heavy atom. The molecule has 0 aliphatic rings. The highest BCUT2D eigenvalue weighted by Crippen LogP contribution is 2.22. The summed E-state index contributed by atoms with van der Waals surface area (Å²) in [7, 11) is 0. The number of esters is 1. The number of nitrogens with zero attached hydrogens (tertiary/aromatic N) is 1. The first-order valence-corrected chi connectivity index (χ1v) is 9.91. The molecule has 1 aromatic heterocycles. The standard InChI is InChI=1S/C20H23ClN2O3S/c1-3-23(13-17-10-11-18(21)27-17)14-19(24)22-16-8-5-15(6-9-16)7-12-20(25)26-4-2/h5-12H,3-4,13-14H2,1-2H3,(H,22,24)/b12-7+. The lowest BCUT2D eigenvalue weighted by Crippen LogP contribution is -2.32. The van der Waals surface area contributed by atoms with Gasteiger partial charge < -0.3 is 10.1 Å². The third kappa shape index (κ3) is 7.54. The zero-order chi connectivity index (χ0) is 19.6. The molecule has 2 aromatic rings. The van der Waals surface area contributed by atoms with Gasteiger partial charge in [0.05, 0.1) is 17.5 Å². The van der Waals surface area contributed by atoms with Gasteiger partial charge in [0.15, 0.2) is 0 Å². The van der Waals surface area contributed by atoms with Crippen LogP contribution in [0.5, 0.6) is 0 Å². The summed E-state index contributed by atoms with van der Waals surface area (Å²) in [6.07, 6.45) is 3.06. The van der Waals surface area contributed by atoms with Crippen molar-refractivity contribution in [3.8, 4) is 0 Å². The molecule has 0 spiro atoms. The lowest BCUT2D eigenvalue weighted by Gasteiger charge is -2.19. The van der Waals surface area contributed by atoms with Crippen molar-refractivity contribution >= 4 is 46.6 Å². The second-order valence-electron chi connectivity index (χ2n) is 5.76. The van der Waals surface area contributed by atoms with E-state index in [9.17, 15) is 9.59 Å². The molecule has 1 amide bonds. The predicted octanol–water partition coefficient (Wildman–Crippen LogP) is 4.44. The first kappa shape index (κ1) is 21.2. The second kappa shape index (κ2) is 10.9. The average Bonchev–Trinajstić information content (AvgIpc) is 3.05. The predicted molar refractivity (Wildman–Crippen MR) is 111 cm³/mol.